The molecule has 1 aromatic heterocycles. The number of sulfonamides is 1. The number of rotatable bonds is 5. The topological polar surface area (TPSA) is 85.1 Å². The Bertz CT molecular complexity index is 690. The van der Waals surface area contributed by atoms with Crippen LogP contribution in [0.25, 0.3) is 0 Å². The summed E-state index contributed by atoms with van der Waals surface area (Å²) in [5.41, 5.74) is 6.42. The molecule has 3 N–H and O–H groups in total. The molecule has 106 valence electrons. The van der Waals surface area contributed by atoms with Gasteiger partial charge >= 0.3 is 0 Å². The summed E-state index contributed by atoms with van der Waals surface area (Å²) in [4.78, 5) is 3.63. The molecule has 0 saturated heterocycles. The molecule has 0 radical (unpaired) electrons. The number of nitrogens with two attached hydrogens (primary N) is 1. The van der Waals surface area contributed by atoms with Crippen molar-refractivity contribution in [3.63, 3.8) is 0 Å². The second-order valence-corrected chi connectivity index (χ2v) is 5.89. The number of aromatic nitrogens is 1. The molecule has 0 spiro atoms. The first-order chi connectivity index (χ1) is 9.49. The van der Waals surface area contributed by atoms with E-state index in [-0.39, 0.29) is 12.2 Å². The van der Waals surface area contributed by atoms with Crippen LogP contribution in [0.2, 0.25) is 0 Å². The summed E-state index contributed by atoms with van der Waals surface area (Å²) in [6, 6.07) is 8.81. The van der Waals surface area contributed by atoms with Crippen molar-refractivity contribution in [3.8, 4) is 0 Å². The van der Waals surface area contributed by atoms with Gasteiger partial charge in [-0.2, -0.15) is 0 Å². The maximum Gasteiger partial charge on any atom is 0.243 e. The highest BCUT2D eigenvalue weighted by Gasteiger charge is 2.18. The Labute approximate surface area is 116 Å². The van der Waals surface area contributed by atoms with Crippen molar-refractivity contribution in [2.45, 2.75) is 11.3 Å². The summed E-state index contributed by atoms with van der Waals surface area (Å²) >= 11 is 0. The molecule has 7 heteroatoms. The summed E-state index contributed by atoms with van der Waals surface area (Å²) in [6.45, 7) is 0.133. The van der Waals surface area contributed by atoms with Gasteiger partial charge in [-0.05, 0) is 30.3 Å². The Balaban J connectivity index is 2.06. The maximum absolute atomic E-state index is 13.5. The van der Waals surface area contributed by atoms with Gasteiger partial charge in [0.25, 0.3) is 0 Å². The Morgan fingerprint density at radius 1 is 1.25 bits per heavy atom. The SMILES string of the molecule is Nc1ccc(F)c(S(=O)(=O)NCCc2ccccn2)c1. The highest BCUT2D eigenvalue weighted by atomic mass is 32.2. The number of halogens is 1. The largest absolute Gasteiger partial charge is 0.399 e. The van der Waals surface area contributed by atoms with Crippen LogP contribution in [0, 0.1) is 5.82 Å². The zero-order valence-corrected chi connectivity index (χ0v) is 11.4. The number of nitrogen functional groups attached to an aromatic ring is 1. The second kappa shape index (κ2) is 5.98. The zero-order valence-electron chi connectivity index (χ0n) is 10.6. The molecule has 1 aromatic carbocycles. The molecule has 0 aliphatic heterocycles. The number of pyridine rings is 1. The standard InChI is InChI=1S/C13H14FN3O2S/c14-12-5-4-10(15)9-13(12)20(18,19)17-8-6-11-3-1-2-7-16-11/h1-5,7,9,17H,6,8,15H2. The predicted octanol–water partition coefficient (Wildman–Crippen LogP) is 1.32. The summed E-state index contributed by atoms with van der Waals surface area (Å²) < 4.78 is 39.8. The van der Waals surface area contributed by atoms with Crippen LogP contribution in [0.1, 0.15) is 5.69 Å². The van der Waals surface area contributed by atoms with E-state index in [1.54, 1.807) is 18.3 Å². The van der Waals surface area contributed by atoms with E-state index in [0.29, 0.717) is 6.42 Å². The molecule has 0 atom stereocenters. The van der Waals surface area contributed by atoms with E-state index >= 15 is 0 Å². The summed E-state index contributed by atoms with van der Waals surface area (Å²) in [7, 11) is -3.92. The predicted molar refractivity (Wildman–Crippen MR) is 73.9 cm³/mol. The number of benzene rings is 1. The van der Waals surface area contributed by atoms with E-state index in [4.69, 9.17) is 5.73 Å². The molecule has 1 heterocycles. The van der Waals surface area contributed by atoms with Crippen LogP contribution in [0.3, 0.4) is 0 Å². The number of anilines is 1. The lowest BCUT2D eigenvalue weighted by molar-refractivity contribution is 0.557. The fourth-order valence-electron chi connectivity index (χ4n) is 1.66. The Hall–Kier alpha value is -1.99. The van der Waals surface area contributed by atoms with Crippen LogP contribution in [0.4, 0.5) is 10.1 Å². The van der Waals surface area contributed by atoms with E-state index in [0.717, 1.165) is 17.8 Å². The first-order valence-corrected chi connectivity index (χ1v) is 7.42. The molecule has 20 heavy (non-hydrogen) atoms. The van der Waals surface area contributed by atoms with Crippen molar-refractivity contribution in [3.05, 3.63) is 54.1 Å². The number of nitrogens with zero attached hydrogens (tertiary/aromatic N) is 1. The molecular weight excluding hydrogens is 281 g/mol. The van der Waals surface area contributed by atoms with E-state index in [1.165, 1.54) is 6.07 Å². The normalized spacial score (nSPS) is 11.4. The molecule has 0 aliphatic carbocycles. The van der Waals surface area contributed by atoms with Crippen LogP contribution in [0.5, 0.6) is 0 Å². The van der Waals surface area contributed by atoms with Crippen LogP contribution in [-0.2, 0) is 16.4 Å². The number of nitrogens with one attached hydrogen (secondary N) is 1. The molecule has 0 amide bonds. The number of hydrogen-bond donors (Lipinski definition) is 2. The molecule has 5 nitrogen and oxygen atoms in total. The molecular formula is C13H14FN3O2S. The van der Waals surface area contributed by atoms with E-state index in [9.17, 15) is 12.8 Å². The molecule has 0 bridgehead atoms. The van der Waals surface area contributed by atoms with Crippen LogP contribution < -0.4 is 10.5 Å². The van der Waals surface area contributed by atoms with E-state index in [1.807, 2.05) is 6.07 Å². The maximum atomic E-state index is 13.5. The third kappa shape index (κ3) is 3.52. The summed E-state index contributed by atoms with van der Waals surface area (Å²) in [5.74, 6) is -0.829. The lowest BCUT2D eigenvalue weighted by atomic mass is 10.3. The third-order valence-corrected chi connectivity index (χ3v) is 4.12. The number of hydrogen-bond acceptors (Lipinski definition) is 4. The second-order valence-electron chi connectivity index (χ2n) is 4.16. The third-order valence-electron chi connectivity index (χ3n) is 2.64. The highest BCUT2D eigenvalue weighted by molar-refractivity contribution is 7.89. The minimum Gasteiger partial charge on any atom is -0.399 e. The fourth-order valence-corrected chi connectivity index (χ4v) is 2.81. The Morgan fingerprint density at radius 2 is 2.05 bits per heavy atom. The molecule has 2 rings (SSSR count). The molecule has 0 fully saturated rings. The average Bonchev–Trinajstić information content (AvgIpc) is 2.42. The first kappa shape index (κ1) is 14.4. The molecule has 0 saturated carbocycles. The highest BCUT2D eigenvalue weighted by Crippen LogP contribution is 2.17. The van der Waals surface area contributed by atoms with Gasteiger partial charge in [0.2, 0.25) is 10.0 Å². The minimum absolute atomic E-state index is 0.133. The average molecular weight is 295 g/mol. The van der Waals surface area contributed by atoms with Crippen molar-refractivity contribution < 1.29 is 12.8 Å². The first-order valence-electron chi connectivity index (χ1n) is 5.93. The smallest absolute Gasteiger partial charge is 0.243 e. The van der Waals surface area contributed by atoms with Crippen molar-refractivity contribution >= 4 is 15.7 Å². The van der Waals surface area contributed by atoms with E-state index in [2.05, 4.69) is 9.71 Å². The fraction of sp³-hybridized carbons (Fsp3) is 0.154. The van der Waals surface area contributed by atoms with Gasteiger partial charge < -0.3 is 5.73 Å². The van der Waals surface area contributed by atoms with Gasteiger partial charge in [0.15, 0.2) is 0 Å². The summed E-state index contributed by atoms with van der Waals surface area (Å²) in [5, 5.41) is 0. The van der Waals surface area contributed by atoms with Gasteiger partial charge in [0.05, 0.1) is 0 Å². The van der Waals surface area contributed by atoms with Gasteiger partial charge in [-0.1, -0.05) is 6.07 Å². The monoisotopic (exact) mass is 295 g/mol. The summed E-state index contributed by atoms with van der Waals surface area (Å²) in [6.07, 6.45) is 2.05. The van der Waals surface area contributed by atoms with Crippen molar-refractivity contribution in [2.75, 3.05) is 12.3 Å². The lowest BCUT2D eigenvalue weighted by Crippen LogP contribution is -2.27. The van der Waals surface area contributed by atoms with Crippen molar-refractivity contribution in [1.29, 1.82) is 0 Å². The van der Waals surface area contributed by atoms with Gasteiger partial charge in [-0.25, -0.2) is 17.5 Å². The van der Waals surface area contributed by atoms with Crippen molar-refractivity contribution in [1.82, 2.24) is 9.71 Å². The Morgan fingerprint density at radius 3 is 2.75 bits per heavy atom. The molecule has 0 unspecified atom stereocenters. The van der Waals surface area contributed by atoms with E-state index < -0.39 is 20.7 Å². The quantitative estimate of drug-likeness (QED) is 0.815. The van der Waals surface area contributed by atoms with Gasteiger partial charge in [-0.3, -0.25) is 4.98 Å². The van der Waals surface area contributed by atoms with Crippen LogP contribution >= 0.6 is 0 Å². The Kier molecular flexibility index (Phi) is 4.31. The zero-order chi connectivity index (χ0) is 14.6. The van der Waals surface area contributed by atoms with Crippen LogP contribution in [0.15, 0.2) is 47.5 Å². The van der Waals surface area contributed by atoms with Gasteiger partial charge in [0, 0.05) is 30.5 Å². The molecule has 0 aliphatic rings. The van der Waals surface area contributed by atoms with Gasteiger partial charge in [-0.15, -0.1) is 0 Å². The molecule has 2 aromatic rings. The van der Waals surface area contributed by atoms with Crippen molar-refractivity contribution in [2.24, 2.45) is 0 Å². The van der Waals surface area contributed by atoms with Gasteiger partial charge in [0.1, 0.15) is 10.7 Å². The van der Waals surface area contributed by atoms with Crippen LogP contribution in [-0.4, -0.2) is 19.9 Å². The minimum atomic E-state index is -3.92. The lowest BCUT2D eigenvalue weighted by Gasteiger charge is -2.08.